The topological polar surface area (TPSA) is 68.2 Å². The van der Waals surface area contributed by atoms with Gasteiger partial charge in [-0.3, -0.25) is 0 Å². The summed E-state index contributed by atoms with van der Waals surface area (Å²) in [4.78, 5) is 4.50. The first-order valence-corrected chi connectivity index (χ1v) is 7.04. The fourth-order valence-corrected chi connectivity index (χ4v) is 3.03. The van der Waals surface area contributed by atoms with Crippen molar-refractivity contribution in [3.63, 3.8) is 0 Å². The van der Waals surface area contributed by atoms with Crippen molar-refractivity contribution in [3.05, 3.63) is 22.8 Å². The third kappa shape index (κ3) is 2.10. The highest BCUT2D eigenvalue weighted by atomic mass is 79.9. The molecule has 0 spiro atoms. The molecule has 0 aromatic carbocycles. The molecular formula is C12H16BrN5. The summed E-state index contributed by atoms with van der Waals surface area (Å²) in [5.41, 5.74) is 6.62. The Morgan fingerprint density at radius 3 is 3.17 bits per heavy atom. The molecule has 2 unspecified atom stereocenters. The highest BCUT2D eigenvalue weighted by Crippen LogP contribution is 2.27. The molecule has 2 aromatic rings. The lowest BCUT2D eigenvalue weighted by atomic mass is 10.0. The van der Waals surface area contributed by atoms with E-state index < -0.39 is 0 Å². The molecule has 3 rings (SSSR count). The summed E-state index contributed by atoms with van der Waals surface area (Å²) in [6, 6.07) is 4.31. The number of nitrogens with two attached hydrogens (primary N) is 1. The molecule has 2 heterocycles. The van der Waals surface area contributed by atoms with Crippen molar-refractivity contribution in [3.8, 4) is 0 Å². The van der Waals surface area contributed by atoms with Gasteiger partial charge in [0, 0.05) is 12.2 Å². The van der Waals surface area contributed by atoms with E-state index in [1.165, 1.54) is 12.8 Å². The van der Waals surface area contributed by atoms with E-state index >= 15 is 0 Å². The van der Waals surface area contributed by atoms with Gasteiger partial charge in [-0.25, -0.2) is 4.52 Å². The van der Waals surface area contributed by atoms with Crippen LogP contribution >= 0.6 is 15.9 Å². The lowest BCUT2D eigenvalue weighted by Crippen LogP contribution is -2.29. The molecule has 0 aliphatic heterocycles. The first-order valence-electron chi connectivity index (χ1n) is 6.25. The lowest BCUT2D eigenvalue weighted by Gasteiger charge is -2.17. The second-order valence-corrected chi connectivity index (χ2v) is 5.59. The molecule has 18 heavy (non-hydrogen) atoms. The van der Waals surface area contributed by atoms with Crippen LogP contribution in [0.5, 0.6) is 0 Å². The summed E-state index contributed by atoms with van der Waals surface area (Å²) >= 11 is 3.48. The molecule has 2 aromatic heterocycles. The van der Waals surface area contributed by atoms with Crippen molar-refractivity contribution in [2.24, 2.45) is 11.7 Å². The van der Waals surface area contributed by atoms with Gasteiger partial charge in [0.05, 0.1) is 4.47 Å². The SMILES string of the molecule is NCC1CCCC1Nc1nc2c(Br)cccn2n1. The molecule has 1 aliphatic carbocycles. The number of pyridine rings is 1. The minimum atomic E-state index is 0.409. The number of halogens is 1. The number of nitrogens with one attached hydrogen (secondary N) is 1. The highest BCUT2D eigenvalue weighted by molar-refractivity contribution is 9.10. The summed E-state index contributed by atoms with van der Waals surface area (Å²) in [6.45, 7) is 0.731. The lowest BCUT2D eigenvalue weighted by molar-refractivity contribution is 0.514. The van der Waals surface area contributed by atoms with Crippen LogP contribution in [0.4, 0.5) is 5.95 Å². The Morgan fingerprint density at radius 2 is 2.39 bits per heavy atom. The van der Waals surface area contributed by atoms with E-state index in [1.54, 1.807) is 4.52 Å². The Morgan fingerprint density at radius 1 is 1.50 bits per heavy atom. The van der Waals surface area contributed by atoms with Gasteiger partial charge in [-0.1, -0.05) is 6.42 Å². The van der Waals surface area contributed by atoms with Crippen molar-refractivity contribution < 1.29 is 0 Å². The molecule has 0 amide bonds. The molecular weight excluding hydrogens is 294 g/mol. The second-order valence-electron chi connectivity index (χ2n) is 4.74. The van der Waals surface area contributed by atoms with Gasteiger partial charge in [-0.15, -0.1) is 5.10 Å². The van der Waals surface area contributed by atoms with Crippen LogP contribution in [-0.4, -0.2) is 27.2 Å². The summed E-state index contributed by atoms with van der Waals surface area (Å²) < 4.78 is 2.73. The maximum absolute atomic E-state index is 5.78. The van der Waals surface area contributed by atoms with Crippen molar-refractivity contribution >= 4 is 27.5 Å². The number of anilines is 1. The molecule has 5 nitrogen and oxygen atoms in total. The number of hydrogen-bond donors (Lipinski definition) is 2. The van der Waals surface area contributed by atoms with Crippen LogP contribution in [0.15, 0.2) is 22.8 Å². The van der Waals surface area contributed by atoms with Gasteiger partial charge in [-0.2, -0.15) is 4.98 Å². The van der Waals surface area contributed by atoms with Crippen LogP contribution in [-0.2, 0) is 0 Å². The Labute approximate surface area is 114 Å². The maximum atomic E-state index is 5.78. The van der Waals surface area contributed by atoms with Crippen molar-refractivity contribution in [1.29, 1.82) is 0 Å². The summed E-state index contributed by atoms with van der Waals surface area (Å²) in [6.07, 6.45) is 5.48. The van der Waals surface area contributed by atoms with E-state index in [0.29, 0.717) is 17.9 Å². The van der Waals surface area contributed by atoms with Crippen LogP contribution in [0.1, 0.15) is 19.3 Å². The second kappa shape index (κ2) is 4.85. The van der Waals surface area contributed by atoms with Gasteiger partial charge >= 0.3 is 0 Å². The molecule has 6 heteroatoms. The third-order valence-electron chi connectivity index (χ3n) is 3.59. The maximum Gasteiger partial charge on any atom is 0.243 e. The van der Waals surface area contributed by atoms with Crippen LogP contribution in [0.2, 0.25) is 0 Å². The van der Waals surface area contributed by atoms with Gasteiger partial charge in [-0.05, 0) is 53.4 Å². The predicted molar refractivity (Wildman–Crippen MR) is 74.5 cm³/mol. The average molecular weight is 310 g/mol. The molecule has 2 atom stereocenters. The zero-order chi connectivity index (χ0) is 12.5. The number of fused-ring (bicyclic) bond motifs is 1. The first kappa shape index (κ1) is 11.9. The van der Waals surface area contributed by atoms with Crippen LogP contribution < -0.4 is 11.1 Å². The molecule has 3 N–H and O–H groups in total. The summed E-state index contributed by atoms with van der Waals surface area (Å²) in [5.74, 6) is 1.23. The zero-order valence-corrected chi connectivity index (χ0v) is 11.6. The smallest absolute Gasteiger partial charge is 0.243 e. The fourth-order valence-electron chi connectivity index (χ4n) is 2.61. The Kier molecular flexibility index (Phi) is 3.22. The zero-order valence-electron chi connectivity index (χ0n) is 10.0. The molecule has 0 saturated heterocycles. The van der Waals surface area contributed by atoms with Crippen molar-refractivity contribution in [2.45, 2.75) is 25.3 Å². The molecule has 0 bridgehead atoms. The third-order valence-corrected chi connectivity index (χ3v) is 4.21. The summed E-state index contributed by atoms with van der Waals surface area (Å²) in [5, 5.41) is 7.84. The minimum absolute atomic E-state index is 0.409. The van der Waals surface area contributed by atoms with Gasteiger partial charge in [0.25, 0.3) is 0 Å². The Balaban J connectivity index is 1.84. The van der Waals surface area contributed by atoms with Crippen LogP contribution in [0, 0.1) is 5.92 Å². The standard InChI is InChI=1S/C12H16BrN5/c13-9-4-2-6-18-11(9)16-12(17-18)15-10-5-1-3-8(10)7-14/h2,4,6,8,10H,1,3,5,7,14H2,(H,15,17). The largest absolute Gasteiger partial charge is 0.350 e. The highest BCUT2D eigenvalue weighted by Gasteiger charge is 2.26. The van der Waals surface area contributed by atoms with Crippen molar-refractivity contribution in [1.82, 2.24) is 14.6 Å². The quantitative estimate of drug-likeness (QED) is 0.910. The molecule has 1 saturated carbocycles. The predicted octanol–water partition coefficient (Wildman–Crippen LogP) is 2.03. The normalized spacial score (nSPS) is 23.7. The Hall–Kier alpha value is -1.14. The molecule has 1 aliphatic rings. The van der Waals surface area contributed by atoms with Gasteiger partial charge in [0.15, 0.2) is 5.65 Å². The van der Waals surface area contributed by atoms with Gasteiger partial charge in [0.2, 0.25) is 5.95 Å². The monoisotopic (exact) mass is 309 g/mol. The van der Waals surface area contributed by atoms with E-state index in [9.17, 15) is 0 Å². The molecule has 1 fully saturated rings. The van der Waals surface area contributed by atoms with E-state index in [4.69, 9.17) is 5.73 Å². The number of rotatable bonds is 3. The van der Waals surface area contributed by atoms with E-state index in [-0.39, 0.29) is 0 Å². The van der Waals surface area contributed by atoms with Crippen LogP contribution in [0.3, 0.4) is 0 Å². The minimum Gasteiger partial charge on any atom is -0.350 e. The van der Waals surface area contributed by atoms with Gasteiger partial charge < -0.3 is 11.1 Å². The van der Waals surface area contributed by atoms with Gasteiger partial charge in [0.1, 0.15) is 0 Å². The van der Waals surface area contributed by atoms with E-state index in [2.05, 4.69) is 31.3 Å². The van der Waals surface area contributed by atoms with E-state index in [0.717, 1.165) is 23.1 Å². The number of aromatic nitrogens is 3. The number of nitrogens with zero attached hydrogens (tertiary/aromatic N) is 3. The fraction of sp³-hybridized carbons (Fsp3) is 0.500. The first-order chi connectivity index (χ1) is 8.78. The average Bonchev–Trinajstić information content (AvgIpc) is 2.96. The Bertz CT molecular complexity index is 552. The van der Waals surface area contributed by atoms with Crippen LogP contribution in [0.25, 0.3) is 5.65 Å². The molecule has 96 valence electrons. The van der Waals surface area contributed by atoms with E-state index in [1.807, 2.05) is 18.3 Å². The molecule has 0 radical (unpaired) electrons. The van der Waals surface area contributed by atoms with Crippen molar-refractivity contribution in [2.75, 3.05) is 11.9 Å². The number of hydrogen-bond acceptors (Lipinski definition) is 4. The summed E-state index contributed by atoms with van der Waals surface area (Å²) in [7, 11) is 0.